The third-order valence-corrected chi connectivity index (χ3v) is 3.75. The minimum Gasteiger partial charge on any atom is -0.484 e. The lowest BCUT2D eigenvalue weighted by molar-refractivity contribution is -0.147. The summed E-state index contributed by atoms with van der Waals surface area (Å²) in [5, 5.41) is 19.9. The minimum atomic E-state index is -0.969. The lowest BCUT2D eigenvalue weighted by Crippen LogP contribution is -2.51. The fourth-order valence-electron chi connectivity index (χ4n) is 2.58. The molecule has 1 fully saturated rings. The quantitative estimate of drug-likeness (QED) is 0.759. The van der Waals surface area contributed by atoms with E-state index >= 15 is 0 Å². The molecule has 0 spiro atoms. The number of morpholine rings is 1. The molecule has 1 unspecified atom stereocenters. The number of aromatic nitrogens is 4. The second-order valence-corrected chi connectivity index (χ2v) is 5.45. The van der Waals surface area contributed by atoms with E-state index in [1.54, 1.807) is 24.3 Å². The van der Waals surface area contributed by atoms with Gasteiger partial charge in [-0.15, -0.1) is 5.10 Å². The van der Waals surface area contributed by atoms with Crippen LogP contribution in [-0.4, -0.2) is 74.5 Å². The van der Waals surface area contributed by atoms with Crippen LogP contribution in [0.2, 0.25) is 0 Å². The van der Waals surface area contributed by atoms with Crippen LogP contribution in [-0.2, 0) is 14.3 Å². The molecule has 0 aliphatic carbocycles. The SMILES string of the molecule is O=C(O)CC1COCCN1C(=O)COc1cccc(-n2cnnn2)c1. The van der Waals surface area contributed by atoms with Gasteiger partial charge >= 0.3 is 5.97 Å². The average molecular weight is 347 g/mol. The molecule has 1 saturated heterocycles. The van der Waals surface area contributed by atoms with E-state index in [1.165, 1.54) is 15.9 Å². The second kappa shape index (κ2) is 7.71. The summed E-state index contributed by atoms with van der Waals surface area (Å²) in [4.78, 5) is 24.8. The smallest absolute Gasteiger partial charge is 0.305 e. The zero-order valence-corrected chi connectivity index (χ0v) is 13.3. The van der Waals surface area contributed by atoms with Crippen molar-refractivity contribution in [1.82, 2.24) is 25.1 Å². The highest BCUT2D eigenvalue weighted by molar-refractivity contribution is 5.79. The molecule has 1 aromatic heterocycles. The van der Waals surface area contributed by atoms with Gasteiger partial charge in [0.2, 0.25) is 0 Å². The molecule has 0 saturated carbocycles. The summed E-state index contributed by atoms with van der Waals surface area (Å²) in [6.45, 7) is 0.767. The number of hydrogen-bond acceptors (Lipinski definition) is 7. The molecule has 25 heavy (non-hydrogen) atoms. The van der Waals surface area contributed by atoms with Crippen LogP contribution in [0.3, 0.4) is 0 Å². The standard InChI is InChI=1S/C15H17N5O5/c21-14(19-4-5-24-8-12(19)7-15(22)23)9-25-13-3-1-2-11(6-13)20-10-16-17-18-20/h1-3,6,10,12H,4-5,7-9H2,(H,22,23). The first-order valence-corrected chi connectivity index (χ1v) is 7.69. The molecule has 1 aliphatic heterocycles. The number of amides is 1. The number of ether oxygens (including phenoxy) is 2. The van der Waals surface area contributed by atoms with Crippen molar-refractivity contribution in [3.63, 3.8) is 0 Å². The van der Waals surface area contributed by atoms with Gasteiger partial charge in [0.15, 0.2) is 6.61 Å². The molecular weight excluding hydrogens is 330 g/mol. The normalized spacial score (nSPS) is 17.3. The Labute approximate surface area is 142 Å². The van der Waals surface area contributed by atoms with Gasteiger partial charge in [-0.25, -0.2) is 4.68 Å². The molecule has 2 aromatic rings. The second-order valence-electron chi connectivity index (χ2n) is 5.45. The van der Waals surface area contributed by atoms with Crippen molar-refractivity contribution in [1.29, 1.82) is 0 Å². The molecule has 1 atom stereocenters. The van der Waals surface area contributed by atoms with E-state index in [0.717, 1.165) is 0 Å². The fraction of sp³-hybridized carbons (Fsp3) is 0.400. The maximum atomic E-state index is 12.4. The zero-order chi connectivity index (χ0) is 17.6. The first-order valence-electron chi connectivity index (χ1n) is 7.69. The Hall–Kier alpha value is -3.01. The zero-order valence-electron chi connectivity index (χ0n) is 13.3. The topological polar surface area (TPSA) is 120 Å². The highest BCUT2D eigenvalue weighted by Gasteiger charge is 2.29. The Morgan fingerprint density at radius 1 is 1.40 bits per heavy atom. The molecule has 132 valence electrons. The van der Waals surface area contributed by atoms with Crippen LogP contribution in [0.4, 0.5) is 0 Å². The Morgan fingerprint density at radius 3 is 3.04 bits per heavy atom. The van der Waals surface area contributed by atoms with E-state index in [2.05, 4.69) is 15.5 Å². The Morgan fingerprint density at radius 2 is 2.28 bits per heavy atom. The number of rotatable bonds is 6. The number of aliphatic carboxylic acids is 1. The first-order chi connectivity index (χ1) is 12.1. The van der Waals surface area contributed by atoms with Crippen molar-refractivity contribution in [2.45, 2.75) is 12.5 Å². The summed E-state index contributed by atoms with van der Waals surface area (Å²) in [5.41, 5.74) is 0.699. The Kier molecular flexibility index (Phi) is 5.19. The molecule has 0 bridgehead atoms. The number of hydrogen-bond donors (Lipinski definition) is 1. The molecule has 1 aliphatic rings. The molecule has 10 nitrogen and oxygen atoms in total. The van der Waals surface area contributed by atoms with E-state index in [0.29, 0.717) is 24.6 Å². The highest BCUT2D eigenvalue weighted by atomic mass is 16.5. The summed E-state index contributed by atoms with van der Waals surface area (Å²) in [5.74, 6) is -0.755. The number of carboxylic acid groups (broad SMARTS) is 1. The molecule has 2 heterocycles. The Bertz CT molecular complexity index is 736. The lowest BCUT2D eigenvalue weighted by atomic mass is 10.1. The summed E-state index contributed by atoms with van der Waals surface area (Å²) in [6.07, 6.45) is 1.30. The largest absolute Gasteiger partial charge is 0.484 e. The van der Waals surface area contributed by atoms with Gasteiger partial charge in [-0.2, -0.15) is 0 Å². The van der Waals surface area contributed by atoms with Crippen LogP contribution >= 0.6 is 0 Å². The van der Waals surface area contributed by atoms with Crippen LogP contribution < -0.4 is 4.74 Å². The number of carbonyl (C=O) groups excluding carboxylic acids is 1. The molecule has 1 aromatic carbocycles. The van der Waals surface area contributed by atoms with Crippen molar-refractivity contribution < 1.29 is 24.2 Å². The maximum absolute atomic E-state index is 12.4. The van der Waals surface area contributed by atoms with Crippen molar-refractivity contribution in [2.24, 2.45) is 0 Å². The van der Waals surface area contributed by atoms with Gasteiger partial charge in [-0.05, 0) is 22.6 Å². The fourth-order valence-corrected chi connectivity index (χ4v) is 2.58. The van der Waals surface area contributed by atoms with Crippen molar-refractivity contribution in [3.05, 3.63) is 30.6 Å². The summed E-state index contributed by atoms with van der Waals surface area (Å²) < 4.78 is 12.3. The molecule has 0 radical (unpaired) electrons. The monoisotopic (exact) mass is 347 g/mol. The van der Waals surface area contributed by atoms with Gasteiger partial charge in [-0.1, -0.05) is 6.07 Å². The maximum Gasteiger partial charge on any atom is 0.305 e. The first kappa shape index (κ1) is 16.8. The summed E-state index contributed by atoms with van der Waals surface area (Å²) in [6, 6.07) is 6.51. The van der Waals surface area contributed by atoms with Crippen LogP contribution in [0.1, 0.15) is 6.42 Å². The third-order valence-electron chi connectivity index (χ3n) is 3.75. The summed E-state index contributed by atoms with van der Waals surface area (Å²) >= 11 is 0. The average Bonchev–Trinajstić information content (AvgIpc) is 3.15. The van der Waals surface area contributed by atoms with E-state index < -0.39 is 12.0 Å². The molecule has 1 amide bonds. The number of carboxylic acids is 1. The van der Waals surface area contributed by atoms with Crippen molar-refractivity contribution in [3.8, 4) is 11.4 Å². The molecule has 3 rings (SSSR count). The van der Waals surface area contributed by atoms with E-state index in [9.17, 15) is 9.59 Å². The molecular formula is C15H17N5O5. The van der Waals surface area contributed by atoms with Crippen LogP contribution in [0, 0.1) is 0 Å². The summed E-state index contributed by atoms with van der Waals surface area (Å²) in [7, 11) is 0. The van der Waals surface area contributed by atoms with Gasteiger partial charge in [0.25, 0.3) is 5.91 Å². The van der Waals surface area contributed by atoms with Gasteiger partial charge in [-0.3, -0.25) is 9.59 Å². The third kappa shape index (κ3) is 4.29. The van der Waals surface area contributed by atoms with Crippen LogP contribution in [0.5, 0.6) is 5.75 Å². The van der Waals surface area contributed by atoms with E-state index in [-0.39, 0.29) is 25.5 Å². The minimum absolute atomic E-state index is 0.152. The van der Waals surface area contributed by atoms with Crippen LogP contribution in [0.15, 0.2) is 30.6 Å². The van der Waals surface area contributed by atoms with Gasteiger partial charge in [0.1, 0.15) is 12.1 Å². The predicted molar refractivity (Wildman–Crippen MR) is 83.2 cm³/mol. The highest BCUT2D eigenvalue weighted by Crippen LogP contribution is 2.17. The van der Waals surface area contributed by atoms with Crippen LogP contribution in [0.25, 0.3) is 5.69 Å². The number of nitrogens with zero attached hydrogens (tertiary/aromatic N) is 5. The van der Waals surface area contributed by atoms with Gasteiger partial charge in [0.05, 0.1) is 31.4 Å². The molecule has 10 heteroatoms. The van der Waals surface area contributed by atoms with Crippen molar-refractivity contribution >= 4 is 11.9 Å². The van der Waals surface area contributed by atoms with E-state index in [4.69, 9.17) is 14.6 Å². The molecule has 1 N–H and O–H groups in total. The lowest BCUT2D eigenvalue weighted by Gasteiger charge is -2.34. The van der Waals surface area contributed by atoms with Gasteiger partial charge in [0, 0.05) is 12.6 Å². The van der Waals surface area contributed by atoms with Crippen molar-refractivity contribution in [2.75, 3.05) is 26.4 Å². The Balaban J connectivity index is 1.61. The van der Waals surface area contributed by atoms with E-state index in [1.807, 2.05) is 0 Å². The number of benzene rings is 1. The predicted octanol–water partition coefficient (Wildman–Crippen LogP) is -0.257. The van der Waals surface area contributed by atoms with Gasteiger partial charge < -0.3 is 19.5 Å². The number of carbonyl (C=O) groups is 2. The number of tetrazole rings is 1.